The summed E-state index contributed by atoms with van der Waals surface area (Å²) in [4.78, 5) is -2.04. The Labute approximate surface area is 136 Å². The van der Waals surface area contributed by atoms with Crippen molar-refractivity contribution in [1.82, 2.24) is 0 Å². The maximum atomic E-state index is 5.24. The van der Waals surface area contributed by atoms with Gasteiger partial charge < -0.3 is 9.47 Å². The van der Waals surface area contributed by atoms with Crippen molar-refractivity contribution in [3.05, 3.63) is 48.5 Å². The van der Waals surface area contributed by atoms with Crippen LogP contribution in [-0.2, 0) is 0 Å². The van der Waals surface area contributed by atoms with Gasteiger partial charge in [-0.15, -0.1) is 0 Å². The van der Waals surface area contributed by atoms with Crippen LogP contribution in [-0.4, -0.2) is 14.2 Å². The van der Waals surface area contributed by atoms with Crippen LogP contribution in [0.4, 0.5) is 0 Å². The van der Waals surface area contributed by atoms with E-state index in [0.717, 1.165) is 11.5 Å². The van der Waals surface area contributed by atoms with E-state index >= 15 is 0 Å². The van der Waals surface area contributed by atoms with Crippen molar-refractivity contribution in [3.8, 4) is 11.5 Å². The maximum absolute atomic E-state index is 5.24. The molecule has 0 spiro atoms. The first-order valence-electron chi connectivity index (χ1n) is 6.41. The molecule has 0 aromatic heterocycles. The molecule has 2 aromatic rings. The van der Waals surface area contributed by atoms with Crippen molar-refractivity contribution < 1.29 is 9.47 Å². The first-order valence-corrected chi connectivity index (χ1v) is 16.1. The van der Waals surface area contributed by atoms with Gasteiger partial charge in [-0.05, 0) is 48.5 Å². The fourth-order valence-electron chi connectivity index (χ4n) is 2.26. The molecule has 0 aliphatic carbocycles. The number of methoxy groups -OCH3 is 2. The zero-order valence-corrected chi connectivity index (χ0v) is 15.8. The molecule has 108 valence electrons. The van der Waals surface area contributed by atoms with E-state index in [2.05, 4.69) is 81.5 Å². The lowest BCUT2D eigenvalue weighted by atomic mass is 10.3. The molecule has 7 heteroatoms. The van der Waals surface area contributed by atoms with E-state index in [9.17, 15) is 0 Å². The van der Waals surface area contributed by atoms with Crippen LogP contribution in [0.15, 0.2) is 48.5 Å². The summed E-state index contributed by atoms with van der Waals surface area (Å²) in [5, 5.41) is 3.00. The van der Waals surface area contributed by atoms with Crippen LogP contribution in [0.2, 0.25) is 0 Å². The number of benzene rings is 2. The zero-order chi connectivity index (χ0) is 14.5. The Morgan fingerprint density at radius 1 is 0.619 bits per heavy atom. The Hall–Kier alpha value is -0.0500. The predicted octanol–water partition coefficient (Wildman–Crippen LogP) is 5.41. The molecule has 0 unspecified atom stereocenters. The van der Waals surface area contributed by atoms with Gasteiger partial charge in [-0.2, -0.15) is 0 Å². The quantitative estimate of drug-likeness (QED) is 0.667. The van der Waals surface area contributed by atoms with Crippen molar-refractivity contribution in [1.29, 1.82) is 0 Å². The first kappa shape index (κ1) is 14.5. The van der Waals surface area contributed by atoms with Gasteiger partial charge in [-0.3, -0.25) is 0 Å². The predicted molar refractivity (Wildman–Crippen MR) is 102 cm³/mol. The Balaban J connectivity index is 1.51. The zero-order valence-electron chi connectivity index (χ0n) is 11.6. The van der Waals surface area contributed by atoms with E-state index in [1.54, 1.807) is 14.2 Å². The van der Waals surface area contributed by atoms with Gasteiger partial charge in [0.1, 0.15) is 22.1 Å². The molecule has 2 aromatic carbocycles. The monoisotopic (exact) mass is 372 g/mol. The molecule has 0 amide bonds. The SMILES string of the molecule is COc1ccc([P+]23S[P+](c4ccc(OC)cc4)(S2)S3)cc1. The third-order valence-corrected chi connectivity index (χ3v) is 47.4. The lowest BCUT2D eigenvalue weighted by Gasteiger charge is -2.41. The Morgan fingerprint density at radius 2 is 0.952 bits per heavy atom. The molecule has 3 saturated heterocycles. The summed E-state index contributed by atoms with van der Waals surface area (Å²) in [6.45, 7) is 0. The molecule has 2 bridgehead atoms. The minimum atomic E-state index is -1.02. The third kappa shape index (κ3) is 2.21. The van der Waals surface area contributed by atoms with Crippen molar-refractivity contribution >= 4 is 53.3 Å². The first-order chi connectivity index (χ1) is 10.2. The fourth-order valence-corrected chi connectivity index (χ4v) is 58.2. The summed E-state index contributed by atoms with van der Waals surface area (Å²) in [5.41, 5.74) is 0. The molecule has 21 heavy (non-hydrogen) atoms. The molecule has 0 N–H and O–H groups in total. The van der Waals surface area contributed by atoms with E-state index in [0.29, 0.717) is 0 Å². The molecule has 3 heterocycles. The summed E-state index contributed by atoms with van der Waals surface area (Å²) < 4.78 is 10.5. The highest BCUT2D eigenvalue weighted by atomic mass is 34.0. The molecule has 5 rings (SSSR count). The van der Waals surface area contributed by atoms with E-state index in [1.165, 1.54) is 10.6 Å². The van der Waals surface area contributed by atoms with Crippen LogP contribution in [0.3, 0.4) is 0 Å². The number of ether oxygens (including phenoxy) is 2. The highest BCUT2D eigenvalue weighted by molar-refractivity contribution is 9.81. The van der Waals surface area contributed by atoms with Crippen LogP contribution in [0.5, 0.6) is 11.5 Å². The van der Waals surface area contributed by atoms with Crippen molar-refractivity contribution in [3.63, 3.8) is 0 Å². The lowest BCUT2D eigenvalue weighted by Crippen LogP contribution is -2.22. The van der Waals surface area contributed by atoms with E-state index in [-0.39, 0.29) is 0 Å². The van der Waals surface area contributed by atoms with Crippen LogP contribution in [0.25, 0.3) is 0 Å². The minimum absolute atomic E-state index is 0.939. The van der Waals surface area contributed by atoms with E-state index in [4.69, 9.17) is 9.47 Å². The minimum Gasteiger partial charge on any atom is -0.497 e. The van der Waals surface area contributed by atoms with Crippen LogP contribution >= 0.6 is 42.7 Å². The average Bonchev–Trinajstić information content (AvgIpc) is 2.46. The fraction of sp³-hybridized carbons (Fsp3) is 0.143. The second kappa shape index (κ2) is 5.25. The summed E-state index contributed by atoms with van der Waals surface area (Å²) in [6, 6.07) is 17.3. The summed E-state index contributed by atoms with van der Waals surface area (Å²) in [6.07, 6.45) is 0. The van der Waals surface area contributed by atoms with Crippen LogP contribution in [0.1, 0.15) is 0 Å². The van der Waals surface area contributed by atoms with Gasteiger partial charge in [0.15, 0.2) is 0 Å². The van der Waals surface area contributed by atoms with Gasteiger partial charge in [-0.25, -0.2) is 0 Å². The third-order valence-electron chi connectivity index (χ3n) is 3.42. The average molecular weight is 372 g/mol. The second-order valence-electron chi connectivity index (χ2n) is 4.64. The smallest absolute Gasteiger partial charge is 0.355 e. The number of rotatable bonds is 4. The largest absolute Gasteiger partial charge is 0.497 e. The van der Waals surface area contributed by atoms with Gasteiger partial charge in [0.05, 0.1) is 14.2 Å². The second-order valence-corrected chi connectivity index (χ2v) is 28.0. The topological polar surface area (TPSA) is 18.5 Å². The van der Waals surface area contributed by atoms with Gasteiger partial charge >= 0.3 is 9.74 Å². The van der Waals surface area contributed by atoms with Crippen molar-refractivity contribution in [2.24, 2.45) is 0 Å². The highest BCUT2D eigenvalue weighted by Gasteiger charge is 2.99. The molecule has 3 aliphatic heterocycles. The van der Waals surface area contributed by atoms with Crippen molar-refractivity contribution in [2.75, 3.05) is 14.2 Å². The van der Waals surface area contributed by atoms with Gasteiger partial charge in [-0.1, -0.05) is 0 Å². The standard InChI is InChI=1S/C14H14O2P2S3/c1-15-11-3-7-13(8-4-11)17-19-18(20-17,21-17)14-9-5-12(16-2)6-10-14/h3-10H,1-2H3/q+2. The van der Waals surface area contributed by atoms with Crippen molar-refractivity contribution in [2.45, 2.75) is 0 Å². The number of hydrogen-bond donors (Lipinski definition) is 0. The molecular formula is C14H14O2P2S3+2. The Bertz CT molecular complexity index is 598. The maximum Gasteiger partial charge on any atom is 0.355 e. The molecule has 0 atom stereocenters. The lowest BCUT2D eigenvalue weighted by molar-refractivity contribution is 0.415. The molecule has 3 aliphatic rings. The molecule has 0 radical (unpaired) electrons. The molecular weight excluding hydrogens is 358 g/mol. The number of hydrogen-bond acceptors (Lipinski definition) is 5. The van der Waals surface area contributed by atoms with Gasteiger partial charge in [0, 0.05) is 0 Å². The van der Waals surface area contributed by atoms with E-state index in [1.807, 2.05) is 0 Å². The van der Waals surface area contributed by atoms with Crippen LogP contribution in [0, 0.1) is 0 Å². The molecule has 3 fully saturated rings. The Kier molecular flexibility index (Phi) is 3.63. The Morgan fingerprint density at radius 3 is 1.24 bits per heavy atom. The highest BCUT2D eigenvalue weighted by Crippen LogP contribution is 3.37. The van der Waals surface area contributed by atoms with Gasteiger partial charge in [0.25, 0.3) is 33.0 Å². The van der Waals surface area contributed by atoms with Crippen LogP contribution < -0.4 is 20.1 Å². The summed E-state index contributed by atoms with van der Waals surface area (Å²) in [7, 11) is 3.43. The van der Waals surface area contributed by atoms with Gasteiger partial charge in [0.2, 0.25) is 0 Å². The normalized spacial score (nSPS) is 29.2. The molecule has 0 saturated carbocycles. The summed E-state index contributed by atoms with van der Waals surface area (Å²) >= 11 is 6.76. The molecule has 2 nitrogen and oxygen atoms in total. The van der Waals surface area contributed by atoms with E-state index < -0.39 is 9.74 Å². The summed E-state index contributed by atoms with van der Waals surface area (Å²) in [5.74, 6) is 1.88.